The molecule has 0 aliphatic carbocycles. The highest BCUT2D eigenvalue weighted by molar-refractivity contribution is 9.10. The Morgan fingerprint density at radius 2 is 2.15 bits per heavy atom. The molecule has 3 nitrogen and oxygen atoms in total. The number of likely N-dealkylation sites (tertiary alicyclic amines) is 1. The highest BCUT2D eigenvalue weighted by atomic mass is 79.9. The number of hydrogen-bond donors (Lipinski definition) is 1. The minimum atomic E-state index is 0.00871. The first-order chi connectivity index (χ1) is 9.56. The molecule has 0 bridgehead atoms. The van der Waals surface area contributed by atoms with Gasteiger partial charge in [-0.2, -0.15) is 0 Å². The Bertz CT molecular complexity index is 446. The molecule has 1 fully saturated rings. The van der Waals surface area contributed by atoms with E-state index in [2.05, 4.69) is 40.0 Å². The van der Waals surface area contributed by atoms with Crippen molar-refractivity contribution in [2.75, 3.05) is 19.6 Å². The SMILES string of the molecule is C[C@@H]1CCCN([C@@H](C)CNC(=O)c2ccc(Br)cc2)C1. The van der Waals surface area contributed by atoms with Gasteiger partial charge in [-0.15, -0.1) is 0 Å². The van der Waals surface area contributed by atoms with Crippen molar-refractivity contribution >= 4 is 21.8 Å². The number of hydrogen-bond acceptors (Lipinski definition) is 2. The van der Waals surface area contributed by atoms with Crippen LogP contribution < -0.4 is 5.32 Å². The molecule has 1 N–H and O–H groups in total. The second kappa shape index (κ2) is 7.23. The van der Waals surface area contributed by atoms with E-state index in [0.717, 1.165) is 23.5 Å². The Morgan fingerprint density at radius 3 is 2.80 bits per heavy atom. The lowest BCUT2D eigenvalue weighted by Crippen LogP contribution is -2.46. The van der Waals surface area contributed by atoms with E-state index in [0.29, 0.717) is 18.2 Å². The summed E-state index contributed by atoms with van der Waals surface area (Å²) in [7, 11) is 0. The summed E-state index contributed by atoms with van der Waals surface area (Å²) in [5.74, 6) is 0.780. The predicted molar refractivity (Wildman–Crippen MR) is 85.9 cm³/mol. The summed E-state index contributed by atoms with van der Waals surface area (Å²) in [6, 6.07) is 7.87. The van der Waals surface area contributed by atoms with Crippen LogP contribution in [0.4, 0.5) is 0 Å². The van der Waals surface area contributed by atoms with E-state index in [1.54, 1.807) is 0 Å². The molecule has 1 aliphatic rings. The minimum Gasteiger partial charge on any atom is -0.350 e. The van der Waals surface area contributed by atoms with Gasteiger partial charge in [-0.1, -0.05) is 22.9 Å². The summed E-state index contributed by atoms with van der Waals surface area (Å²) in [5.41, 5.74) is 0.715. The van der Waals surface area contributed by atoms with Crippen LogP contribution in [0, 0.1) is 5.92 Å². The molecular weight excluding hydrogens is 316 g/mol. The number of rotatable bonds is 4. The Balaban J connectivity index is 1.82. The number of carbonyl (C=O) groups is 1. The Hall–Kier alpha value is -0.870. The maximum atomic E-state index is 12.1. The lowest BCUT2D eigenvalue weighted by atomic mass is 9.99. The van der Waals surface area contributed by atoms with Gasteiger partial charge in [-0.25, -0.2) is 0 Å². The van der Waals surface area contributed by atoms with Gasteiger partial charge in [-0.05, 0) is 56.5 Å². The first-order valence-electron chi connectivity index (χ1n) is 7.34. The van der Waals surface area contributed by atoms with E-state index in [9.17, 15) is 4.79 Å². The average Bonchev–Trinajstić information content (AvgIpc) is 2.45. The van der Waals surface area contributed by atoms with Crippen molar-refractivity contribution in [3.05, 3.63) is 34.3 Å². The van der Waals surface area contributed by atoms with Crippen molar-refractivity contribution in [2.45, 2.75) is 32.7 Å². The molecule has 1 amide bonds. The summed E-state index contributed by atoms with van der Waals surface area (Å²) in [6.45, 7) is 7.51. The molecule has 1 heterocycles. The van der Waals surface area contributed by atoms with Crippen LogP contribution in [0.2, 0.25) is 0 Å². The van der Waals surface area contributed by atoms with E-state index in [1.165, 1.54) is 12.8 Å². The van der Waals surface area contributed by atoms with Gasteiger partial charge in [-0.3, -0.25) is 9.69 Å². The molecule has 0 unspecified atom stereocenters. The molecule has 20 heavy (non-hydrogen) atoms. The zero-order valence-corrected chi connectivity index (χ0v) is 13.8. The molecule has 2 atom stereocenters. The third-order valence-corrected chi connectivity index (χ3v) is 4.50. The quantitative estimate of drug-likeness (QED) is 0.913. The van der Waals surface area contributed by atoms with E-state index in [-0.39, 0.29) is 5.91 Å². The highest BCUT2D eigenvalue weighted by Crippen LogP contribution is 2.17. The third-order valence-electron chi connectivity index (χ3n) is 3.98. The van der Waals surface area contributed by atoms with Crippen molar-refractivity contribution in [3.63, 3.8) is 0 Å². The average molecular weight is 339 g/mol. The van der Waals surface area contributed by atoms with Crippen LogP contribution in [0.5, 0.6) is 0 Å². The predicted octanol–water partition coefficient (Wildman–Crippen LogP) is 3.30. The fraction of sp³-hybridized carbons (Fsp3) is 0.562. The van der Waals surface area contributed by atoms with Gasteiger partial charge in [0.2, 0.25) is 0 Å². The summed E-state index contributed by atoms with van der Waals surface area (Å²) in [4.78, 5) is 14.5. The van der Waals surface area contributed by atoms with Crippen molar-refractivity contribution in [1.29, 1.82) is 0 Å². The van der Waals surface area contributed by atoms with Crippen LogP contribution in [0.25, 0.3) is 0 Å². The second-order valence-electron chi connectivity index (χ2n) is 5.81. The fourth-order valence-corrected chi connectivity index (χ4v) is 2.96. The number of amides is 1. The fourth-order valence-electron chi connectivity index (χ4n) is 2.70. The maximum absolute atomic E-state index is 12.1. The van der Waals surface area contributed by atoms with Crippen molar-refractivity contribution in [1.82, 2.24) is 10.2 Å². The Morgan fingerprint density at radius 1 is 1.45 bits per heavy atom. The number of nitrogens with zero attached hydrogens (tertiary/aromatic N) is 1. The minimum absolute atomic E-state index is 0.00871. The molecule has 1 saturated heterocycles. The molecule has 110 valence electrons. The molecule has 0 aromatic heterocycles. The first kappa shape index (κ1) is 15.5. The van der Waals surface area contributed by atoms with Gasteiger partial charge < -0.3 is 5.32 Å². The summed E-state index contributed by atoms with van der Waals surface area (Å²) >= 11 is 3.38. The van der Waals surface area contributed by atoms with Crippen LogP contribution >= 0.6 is 15.9 Å². The van der Waals surface area contributed by atoms with Crippen molar-refractivity contribution in [2.24, 2.45) is 5.92 Å². The van der Waals surface area contributed by atoms with Crippen molar-refractivity contribution in [3.8, 4) is 0 Å². The lowest BCUT2D eigenvalue weighted by Gasteiger charge is -2.35. The number of benzene rings is 1. The van der Waals surface area contributed by atoms with Crippen LogP contribution in [0.15, 0.2) is 28.7 Å². The van der Waals surface area contributed by atoms with Gasteiger partial charge in [0.15, 0.2) is 0 Å². The molecule has 4 heteroatoms. The summed E-state index contributed by atoms with van der Waals surface area (Å²) in [6.07, 6.45) is 2.60. The van der Waals surface area contributed by atoms with Crippen LogP contribution in [0.1, 0.15) is 37.0 Å². The van der Waals surface area contributed by atoms with Gasteiger partial charge in [0.1, 0.15) is 0 Å². The zero-order valence-electron chi connectivity index (χ0n) is 12.2. The Labute approximate surface area is 129 Å². The molecule has 1 aliphatic heterocycles. The number of halogens is 1. The standard InChI is InChI=1S/C16H23BrN2O/c1-12-4-3-9-19(11-12)13(2)10-18-16(20)14-5-7-15(17)8-6-14/h5-8,12-13H,3-4,9-11H2,1-2H3,(H,18,20)/t12-,13+/m1/s1. The Kier molecular flexibility index (Phi) is 5.61. The van der Waals surface area contributed by atoms with E-state index in [4.69, 9.17) is 0 Å². The monoisotopic (exact) mass is 338 g/mol. The van der Waals surface area contributed by atoms with Gasteiger partial charge >= 0.3 is 0 Å². The van der Waals surface area contributed by atoms with E-state index < -0.39 is 0 Å². The van der Waals surface area contributed by atoms with E-state index >= 15 is 0 Å². The molecule has 1 aromatic rings. The summed E-state index contributed by atoms with van der Waals surface area (Å²) in [5, 5.41) is 3.03. The molecular formula is C16H23BrN2O. The first-order valence-corrected chi connectivity index (χ1v) is 8.13. The molecule has 0 saturated carbocycles. The molecule has 2 rings (SSSR count). The van der Waals surface area contributed by atoms with Crippen LogP contribution in [-0.2, 0) is 0 Å². The second-order valence-corrected chi connectivity index (χ2v) is 6.72. The lowest BCUT2D eigenvalue weighted by molar-refractivity contribution is 0.0917. The smallest absolute Gasteiger partial charge is 0.251 e. The summed E-state index contributed by atoms with van der Waals surface area (Å²) < 4.78 is 0.990. The van der Waals surface area contributed by atoms with Crippen LogP contribution in [0.3, 0.4) is 0 Å². The van der Waals surface area contributed by atoms with Gasteiger partial charge in [0.05, 0.1) is 0 Å². The largest absolute Gasteiger partial charge is 0.350 e. The third kappa shape index (κ3) is 4.32. The van der Waals surface area contributed by atoms with Crippen LogP contribution in [-0.4, -0.2) is 36.5 Å². The zero-order chi connectivity index (χ0) is 14.5. The topological polar surface area (TPSA) is 32.3 Å². The van der Waals surface area contributed by atoms with E-state index in [1.807, 2.05) is 24.3 Å². The number of nitrogens with one attached hydrogen (secondary N) is 1. The number of carbonyl (C=O) groups excluding carboxylic acids is 1. The maximum Gasteiger partial charge on any atom is 0.251 e. The van der Waals surface area contributed by atoms with Gasteiger partial charge in [0, 0.05) is 29.2 Å². The highest BCUT2D eigenvalue weighted by Gasteiger charge is 2.21. The molecule has 0 radical (unpaired) electrons. The molecule has 1 aromatic carbocycles. The van der Waals surface area contributed by atoms with Crippen molar-refractivity contribution < 1.29 is 4.79 Å². The van der Waals surface area contributed by atoms with Gasteiger partial charge in [0.25, 0.3) is 5.91 Å². The molecule has 0 spiro atoms. The number of piperidine rings is 1. The normalized spacial score (nSPS) is 21.4.